The first-order chi connectivity index (χ1) is 16.2. The lowest BCUT2D eigenvalue weighted by Crippen LogP contribution is -2.23. The number of amides is 3. The molecule has 3 aromatic carbocycles. The Bertz CT molecular complexity index is 1240. The number of hydrogen-bond acceptors (Lipinski definition) is 3. The highest BCUT2D eigenvalue weighted by Crippen LogP contribution is 2.31. The van der Waals surface area contributed by atoms with E-state index in [1.165, 1.54) is 24.3 Å². The van der Waals surface area contributed by atoms with E-state index in [-0.39, 0.29) is 17.2 Å². The molecule has 3 amide bonds. The molecule has 1 aliphatic heterocycles. The Hall–Kier alpha value is -4.14. The van der Waals surface area contributed by atoms with Crippen molar-refractivity contribution in [1.82, 2.24) is 0 Å². The van der Waals surface area contributed by atoms with Crippen LogP contribution in [0.3, 0.4) is 0 Å². The molecule has 0 spiro atoms. The zero-order valence-electron chi connectivity index (χ0n) is 17.9. The smallest absolute Gasteiger partial charge is 0.322 e. The van der Waals surface area contributed by atoms with E-state index in [4.69, 9.17) is 0 Å². The fraction of sp³-hybridized carbons (Fsp3) is 0.160. The maximum atomic E-state index is 12.9. The Morgan fingerprint density at radius 1 is 0.794 bits per heavy atom. The van der Waals surface area contributed by atoms with Gasteiger partial charge < -0.3 is 15.5 Å². The second-order valence-corrected chi connectivity index (χ2v) is 7.76. The third-order valence-corrected chi connectivity index (χ3v) is 5.34. The van der Waals surface area contributed by atoms with E-state index in [9.17, 15) is 27.6 Å². The van der Waals surface area contributed by atoms with Crippen LogP contribution in [0.1, 0.15) is 39.1 Å². The van der Waals surface area contributed by atoms with Crippen LogP contribution < -0.4 is 15.5 Å². The lowest BCUT2D eigenvalue weighted by Gasteiger charge is -2.16. The molecule has 1 heterocycles. The molecule has 9 heteroatoms. The average Bonchev–Trinajstić information content (AvgIpc) is 3.25. The summed E-state index contributed by atoms with van der Waals surface area (Å²) in [6, 6.07) is 17.0. The number of halogens is 3. The van der Waals surface area contributed by atoms with Crippen molar-refractivity contribution in [3.05, 3.63) is 89.5 Å². The number of hydrogen-bond donors (Lipinski definition) is 2. The SMILES string of the molecule is O=C(Nc1cccc(C(=O)Nc2cccc(C(F)(F)F)c2)c1)c1ccc(N2CCCC2=O)cc1. The summed E-state index contributed by atoms with van der Waals surface area (Å²) in [4.78, 5) is 38.7. The van der Waals surface area contributed by atoms with Gasteiger partial charge in [-0.3, -0.25) is 14.4 Å². The summed E-state index contributed by atoms with van der Waals surface area (Å²) in [5.41, 5.74) is 0.748. The van der Waals surface area contributed by atoms with Gasteiger partial charge in [0.05, 0.1) is 5.56 Å². The summed E-state index contributed by atoms with van der Waals surface area (Å²) < 4.78 is 38.7. The van der Waals surface area contributed by atoms with E-state index in [2.05, 4.69) is 10.6 Å². The predicted octanol–water partition coefficient (Wildman–Crippen LogP) is 5.34. The number of alkyl halides is 3. The summed E-state index contributed by atoms with van der Waals surface area (Å²) in [5.74, 6) is -0.970. The molecule has 1 fully saturated rings. The van der Waals surface area contributed by atoms with E-state index >= 15 is 0 Å². The summed E-state index contributed by atoms with van der Waals surface area (Å²) >= 11 is 0. The molecule has 0 atom stereocenters. The Labute approximate surface area is 193 Å². The molecule has 0 saturated carbocycles. The molecule has 0 unspecified atom stereocenters. The molecule has 0 aromatic heterocycles. The first kappa shape index (κ1) is 23.0. The van der Waals surface area contributed by atoms with E-state index in [0.29, 0.717) is 24.2 Å². The Kier molecular flexibility index (Phi) is 6.36. The molecular weight excluding hydrogens is 447 g/mol. The Morgan fingerprint density at radius 3 is 2.03 bits per heavy atom. The van der Waals surface area contributed by atoms with Crippen molar-refractivity contribution in [1.29, 1.82) is 0 Å². The van der Waals surface area contributed by atoms with Gasteiger partial charge in [-0.1, -0.05) is 12.1 Å². The van der Waals surface area contributed by atoms with Crippen LogP contribution in [0.2, 0.25) is 0 Å². The van der Waals surface area contributed by atoms with Crippen LogP contribution in [0.25, 0.3) is 0 Å². The number of nitrogens with zero attached hydrogens (tertiary/aromatic N) is 1. The molecule has 2 N–H and O–H groups in total. The van der Waals surface area contributed by atoms with Gasteiger partial charge in [-0.15, -0.1) is 0 Å². The van der Waals surface area contributed by atoms with Crippen molar-refractivity contribution in [3.63, 3.8) is 0 Å². The maximum Gasteiger partial charge on any atom is 0.416 e. The number of rotatable bonds is 5. The zero-order valence-corrected chi connectivity index (χ0v) is 17.9. The van der Waals surface area contributed by atoms with E-state index in [1.807, 2.05) is 0 Å². The van der Waals surface area contributed by atoms with Crippen LogP contribution >= 0.6 is 0 Å². The average molecular weight is 467 g/mol. The van der Waals surface area contributed by atoms with E-state index < -0.39 is 23.6 Å². The number of anilines is 3. The van der Waals surface area contributed by atoms with Gasteiger partial charge >= 0.3 is 6.18 Å². The van der Waals surface area contributed by atoms with E-state index in [0.717, 1.165) is 24.2 Å². The minimum atomic E-state index is -4.52. The zero-order chi connectivity index (χ0) is 24.3. The van der Waals surface area contributed by atoms with Gasteiger partial charge in [0.15, 0.2) is 0 Å². The van der Waals surface area contributed by atoms with Gasteiger partial charge in [-0.05, 0) is 67.1 Å². The van der Waals surface area contributed by atoms with Gasteiger partial charge in [0.2, 0.25) is 5.91 Å². The first-order valence-corrected chi connectivity index (χ1v) is 10.5. The number of nitrogens with one attached hydrogen (secondary N) is 2. The lowest BCUT2D eigenvalue weighted by atomic mass is 10.1. The Balaban J connectivity index is 1.42. The van der Waals surface area contributed by atoms with Gasteiger partial charge in [-0.25, -0.2) is 0 Å². The monoisotopic (exact) mass is 467 g/mol. The van der Waals surface area contributed by atoms with Gasteiger partial charge in [-0.2, -0.15) is 13.2 Å². The second kappa shape index (κ2) is 9.38. The molecule has 174 valence electrons. The fourth-order valence-electron chi connectivity index (χ4n) is 3.63. The number of carbonyl (C=O) groups excluding carboxylic acids is 3. The van der Waals surface area contributed by atoms with Crippen molar-refractivity contribution < 1.29 is 27.6 Å². The highest BCUT2D eigenvalue weighted by atomic mass is 19.4. The third-order valence-electron chi connectivity index (χ3n) is 5.34. The quantitative estimate of drug-likeness (QED) is 0.532. The lowest BCUT2D eigenvalue weighted by molar-refractivity contribution is -0.137. The summed E-state index contributed by atoms with van der Waals surface area (Å²) in [5, 5.41) is 5.13. The summed E-state index contributed by atoms with van der Waals surface area (Å²) in [6.45, 7) is 0.653. The molecule has 4 rings (SSSR count). The minimum Gasteiger partial charge on any atom is -0.322 e. The van der Waals surface area contributed by atoms with Crippen LogP contribution in [0.4, 0.5) is 30.2 Å². The molecular formula is C25H20F3N3O3. The van der Waals surface area contributed by atoms with Crippen LogP contribution in [0, 0.1) is 0 Å². The Morgan fingerprint density at radius 2 is 1.41 bits per heavy atom. The molecule has 3 aromatic rings. The first-order valence-electron chi connectivity index (χ1n) is 10.5. The molecule has 1 saturated heterocycles. The molecule has 0 aliphatic carbocycles. The van der Waals surface area contributed by atoms with Crippen LogP contribution in [0.5, 0.6) is 0 Å². The molecule has 0 radical (unpaired) electrons. The highest BCUT2D eigenvalue weighted by Gasteiger charge is 2.30. The van der Waals surface area contributed by atoms with Gasteiger partial charge in [0, 0.05) is 41.2 Å². The minimum absolute atomic E-state index is 0.00540. The third kappa shape index (κ3) is 5.25. The normalized spacial score (nSPS) is 13.6. The van der Waals surface area contributed by atoms with Crippen molar-refractivity contribution in [3.8, 4) is 0 Å². The second-order valence-electron chi connectivity index (χ2n) is 7.76. The number of carbonyl (C=O) groups is 3. The van der Waals surface area contributed by atoms with Gasteiger partial charge in [0.25, 0.3) is 11.8 Å². The maximum absolute atomic E-state index is 12.9. The van der Waals surface area contributed by atoms with Crippen molar-refractivity contribution in [2.24, 2.45) is 0 Å². The number of benzene rings is 3. The highest BCUT2D eigenvalue weighted by molar-refractivity contribution is 6.07. The molecule has 1 aliphatic rings. The van der Waals surface area contributed by atoms with Crippen LogP contribution in [-0.4, -0.2) is 24.3 Å². The largest absolute Gasteiger partial charge is 0.416 e. The molecule has 6 nitrogen and oxygen atoms in total. The predicted molar refractivity (Wildman–Crippen MR) is 122 cm³/mol. The fourth-order valence-corrected chi connectivity index (χ4v) is 3.63. The topological polar surface area (TPSA) is 78.5 Å². The van der Waals surface area contributed by atoms with Gasteiger partial charge in [0.1, 0.15) is 0 Å². The molecule has 34 heavy (non-hydrogen) atoms. The molecule has 0 bridgehead atoms. The standard InChI is InChI=1S/C25H20F3N3O3/c26-25(27,28)18-5-2-7-20(15-18)30-24(34)17-4-1-6-19(14-17)29-23(33)16-9-11-21(12-10-16)31-13-3-8-22(31)32/h1-2,4-7,9-12,14-15H,3,8,13H2,(H,29,33)(H,30,34). The summed E-state index contributed by atoms with van der Waals surface area (Å²) in [7, 11) is 0. The van der Waals surface area contributed by atoms with Crippen LogP contribution in [-0.2, 0) is 11.0 Å². The van der Waals surface area contributed by atoms with Crippen molar-refractivity contribution >= 4 is 34.8 Å². The van der Waals surface area contributed by atoms with Crippen molar-refractivity contribution in [2.45, 2.75) is 19.0 Å². The summed E-state index contributed by atoms with van der Waals surface area (Å²) in [6.07, 6.45) is -3.20. The van der Waals surface area contributed by atoms with Crippen molar-refractivity contribution in [2.75, 3.05) is 22.1 Å². The van der Waals surface area contributed by atoms with E-state index in [1.54, 1.807) is 41.3 Å². The van der Waals surface area contributed by atoms with Crippen LogP contribution in [0.15, 0.2) is 72.8 Å².